The third-order valence-electron chi connectivity index (χ3n) is 0.975. The summed E-state index contributed by atoms with van der Waals surface area (Å²) in [4.78, 5) is 0. The summed E-state index contributed by atoms with van der Waals surface area (Å²) < 4.78 is 35.3. The third kappa shape index (κ3) is 2.94. The summed E-state index contributed by atoms with van der Waals surface area (Å²) in [5.41, 5.74) is 0. The first kappa shape index (κ1) is 9.73. The van der Waals surface area contributed by atoms with Gasteiger partial charge in [0.1, 0.15) is 10.0 Å². The highest BCUT2D eigenvalue weighted by molar-refractivity contribution is 7.11. The molecule has 0 aliphatic heterocycles. The molecule has 0 N–H and O–H groups in total. The molecule has 0 spiro atoms. The molecule has 0 bridgehead atoms. The van der Waals surface area contributed by atoms with Crippen molar-refractivity contribution in [2.24, 2.45) is 0 Å². The van der Waals surface area contributed by atoms with Crippen molar-refractivity contribution in [1.29, 1.82) is 0 Å². The lowest BCUT2D eigenvalue weighted by molar-refractivity contribution is -0.127. The molecule has 0 saturated heterocycles. The minimum atomic E-state index is -4.22. The van der Waals surface area contributed by atoms with Gasteiger partial charge in [0.25, 0.3) is 0 Å². The topological polar surface area (TPSA) is 25.8 Å². The minimum Gasteiger partial charge on any atom is -0.171 e. The maximum atomic E-state index is 11.8. The van der Waals surface area contributed by atoms with Gasteiger partial charge in [0.2, 0.25) is 0 Å². The predicted molar refractivity (Wildman–Crippen MR) is 39.2 cm³/mol. The molecule has 1 aromatic heterocycles. The van der Waals surface area contributed by atoms with Crippen molar-refractivity contribution in [3.63, 3.8) is 0 Å². The molecule has 0 aromatic carbocycles. The van der Waals surface area contributed by atoms with Crippen LogP contribution in [0.25, 0.3) is 0 Å². The first-order valence-corrected chi connectivity index (χ1v) is 4.30. The van der Waals surface area contributed by atoms with Crippen molar-refractivity contribution >= 4 is 22.9 Å². The zero-order valence-corrected chi connectivity index (χ0v) is 7.30. The number of hydrogen-bond acceptors (Lipinski definition) is 3. The summed E-state index contributed by atoms with van der Waals surface area (Å²) >= 11 is 6.22. The van der Waals surface area contributed by atoms with Crippen LogP contribution in [0.3, 0.4) is 0 Å². The van der Waals surface area contributed by atoms with Crippen molar-refractivity contribution in [1.82, 2.24) is 10.2 Å². The van der Waals surface area contributed by atoms with E-state index in [9.17, 15) is 13.2 Å². The number of aromatic nitrogens is 2. The monoisotopic (exact) mass is 216 g/mol. The summed E-state index contributed by atoms with van der Waals surface area (Å²) in [6.45, 7) is 0. The Kier molecular flexibility index (Phi) is 2.89. The van der Waals surface area contributed by atoms with Gasteiger partial charge < -0.3 is 0 Å². The van der Waals surface area contributed by atoms with E-state index >= 15 is 0 Å². The van der Waals surface area contributed by atoms with E-state index in [4.69, 9.17) is 11.6 Å². The lowest BCUT2D eigenvalue weighted by atomic mass is 10.4. The second-order valence-corrected chi connectivity index (χ2v) is 3.43. The Morgan fingerprint density at radius 2 is 1.83 bits per heavy atom. The fourth-order valence-electron chi connectivity index (χ4n) is 0.585. The molecule has 0 unspecified atom stereocenters. The zero-order chi connectivity index (χ0) is 9.19. The van der Waals surface area contributed by atoms with Crippen molar-refractivity contribution in [2.45, 2.75) is 18.5 Å². The Morgan fingerprint density at radius 1 is 1.25 bits per heavy atom. The van der Waals surface area contributed by atoms with E-state index in [1.165, 1.54) is 0 Å². The fourth-order valence-corrected chi connectivity index (χ4v) is 1.53. The van der Waals surface area contributed by atoms with E-state index in [1.807, 2.05) is 0 Å². The van der Waals surface area contributed by atoms with Gasteiger partial charge in [0, 0.05) is 0 Å². The second kappa shape index (κ2) is 3.57. The van der Waals surface area contributed by atoms with E-state index < -0.39 is 12.6 Å². The highest BCUT2D eigenvalue weighted by Crippen LogP contribution is 2.23. The van der Waals surface area contributed by atoms with Crippen LogP contribution in [0.4, 0.5) is 13.2 Å². The number of halogens is 4. The van der Waals surface area contributed by atoms with Gasteiger partial charge >= 0.3 is 6.18 Å². The molecule has 2 nitrogen and oxygen atoms in total. The summed E-state index contributed by atoms with van der Waals surface area (Å²) in [5, 5.41) is 7.16. The smallest absolute Gasteiger partial charge is 0.171 e. The maximum absolute atomic E-state index is 11.8. The van der Waals surface area contributed by atoms with Gasteiger partial charge in [-0.1, -0.05) is 11.3 Å². The van der Waals surface area contributed by atoms with Gasteiger partial charge in [0.05, 0.1) is 12.3 Å². The molecule has 12 heavy (non-hydrogen) atoms. The molecule has 1 heterocycles. The number of rotatable bonds is 2. The van der Waals surface area contributed by atoms with E-state index in [0.717, 1.165) is 11.3 Å². The molecule has 1 aromatic rings. The molecular weight excluding hydrogens is 213 g/mol. The van der Waals surface area contributed by atoms with Crippen LogP contribution in [-0.2, 0) is 12.3 Å². The largest absolute Gasteiger partial charge is 0.395 e. The molecular formula is C5H4ClF3N2S. The van der Waals surface area contributed by atoms with Crippen LogP contribution in [0, 0.1) is 0 Å². The molecule has 0 atom stereocenters. The lowest BCUT2D eigenvalue weighted by Gasteiger charge is -2.00. The fraction of sp³-hybridized carbons (Fsp3) is 0.600. The first-order valence-electron chi connectivity index (χ1n) is 2.95. The van der Waals surface area contributed by atoms with Gasteiger partial charge in [-0.05, 0) is 0 Å². The molecule has 0 aliphatic rings. The van der Waals surface area contributed by atoms with Crippen molar-refractivity contribution in [3.05, 3.63) is 10.0 Å². The Labute approximate surface area is 75.4 Å². The van der Waals surface area contributed by atoms with Gasteiger partial charge in [-0.2, -0.15) is 13.2 Å². The number of nitrogens with zero attached hydrogens (tertiary/aromatic N) is 2. The third-order valence-corrected chi connectivity index (χ3v) is 2.31. The minimum absolute atomic E-state index is 0.0434. The first-order chi connectivity index (χ1) is 5.51. The molecule has 0 radical (unpaired) electrons. The van der Waals surface area contributed by atoms with Crippen molar-refractivity contribution < 1.29 is 13.2 Å². The standard InChI is InChI=1S/C5H4ClF3N2S/c6-2-4-11-10-3(12-4)1-5(7,8)9/h1-2H2. The molecule has 0 fully saturated rings. The summed E-state index contributed by atoms with van der Waals surface area (Å²) in [7, 11) is 0. The summed E-state index contributed by atoms with van der Waals surface area (Å²) in [5.74, 6) is 0.107. The van der Waals surface area contributed by atoms with E-state index in [1.54, 1.807) is 0 Å². The van der Waals surface area contributed by atoms with Crippen LogP contribution in [0.2, 0.25) is 0 Å². The second-order valence-electron chi connectivity index (χ2n) is 2.02. The van der Waals surface area contributed by atoms with E-state index in [2.05, 4.69) is 10.2 Å². The molecule has 7 heteroatoms. The highest BCUT2D eigenvalue weighted by Gasteiger charge is 2.29. The van der Waals surface area contributed by atoms with Crippen LogP contribution in [0.15, 0.2) is 0 Å². The van der Waals surface area contributed by atoms with Gasteiger partial charge in [0.15, 0.2) is 0 Å². The number of alkyl halides is 4. The van der Waals surface area contributed by atoms with Gasteiger partial charge in [-0.15, -0.1) is 21.8 Å². The molecule has 1 rings (SSSR count). The highest BCUT2D eigenvalue weighted by atomic mass is 35.5. The summed E-state index contributed by atoms with van der Waals surface area (Å²) in [6, 6.07) is 0. The Bertz CT molecular complexity index is 259. The van der Waals surface area contributed by atoms with E-state index in [0.29, 0.717) is 5.01 Å². The lowest BCUT2D eigenvalue weighted by Crippen LogP contribution is -2.11. The predicted octanol–water partition coefficient (Wildman–Crippen LogP) is 2.38. The van der Waals surface area contributed by atoms with Crippen molar-refractivity contribution in [3.8, 4) is 0 Å². The maximum Gasteiger partial charge on any atom is 0.395 e. The molecule has 0 amide bonds. The van der Waals surface area contributed by atoms with Crippen LogP contribution in [0.1, 0.15) is 10.0 Å². The average Bonchev–Trinajstić information content (AvgIpc) is 2.32. The van der Waals surface area contributed by atoms with Crippen LogP contribution in [0.5, 0.6) is 0 Å². The molecule has 0 aliphatic carbocycles. The Hall–Kier alpha value is -0.360. The van der Waals surface area contributed by atoms with Crippen LogP contribution >= 0.6 is 22.9 Å². The van der Waals surface area contributed by atoms with Gasteiger partial charge in [-0.3, -0.25) is 0 Å². The SMILES string of the molecule is FC(F)(F)Cc1nnc(CCl)s1. The number of hydrogen-bond donors (Lipinski definition) is 0. The average molecular weight is 217 g/mol. The van der Waals surface area contributed by atoms with Gasteiger partial charge in [-0.25, -0.2) is 0 Å². The van der Waals surface area contributed by atoms with E-state index in [-0.39, 0.29) is 10.9 Å². The summed E-state index contributed by atoms with van der Waals surface area (Å²) in [6.07, 6.45) is -5.25. The van der Waals surface area contributed by atoms with Crippen LogP contribution in [-0.4, -0.2) is 16.4 Å². The quantitative estimate of drug-likeness (QED) is 0.710. The zero-order valence-electron chi connectivity index (χ0n) is 5.73. The molecule has 68 valence electrons. The Balaban J connectivity index is 2.64. The molecule has 0 saturated carbocycles. The van der Waals surface area contributed by atoms with Crippen molar-refractivity contribution in [2.75, 3.05) is 0 Å². The van der Waals surface area contributed by atoms with Crippen LogP contribution < -0.4 is 0 Å². The Morgan fingerprint density at radius 3 is 2.25 bits per heavy atom. The normalized spacial score (nSPS) is 12.0.